The van der Waals surface area contributed by atoms with Crippen molar-refractivity contribution in [3.05, 3.63) is 58.6 Å². The van der Waals surface area contributed by atoms with Crippen LogP contribution in [0, 0.1) is 0 Å². The van der Waals surface area contributed by atoms with Crippen molar-refractivity contribution in [2.75, 3.05) is 19.5 Å². The Hall–Kier alpha value is -2.73. The summed E-state index contributed by atoms with van der Waals surface area (Å²) in [6.45, 7) is 1.85. The van der Waals surface area contributed by atoms with Gasteiger partial charge in [-0.05, 0) is 48.4 Å². The maximum atomic E-state index is 12.9. The van der Waals surface area contributed by atoms with Gasteiger partial charge in [-0.25, -0.2) is 13.1 Å². The third-order valence-electron chi connectivity index (χ3n) is 4.48. The Balaban J connectivity index is 1.75. The van der Waals surface area contributed by atoms with Crippen LogP contribution in [0.15, 0.2) is 46.8 Å². The molecule has 1 aromatic heterocycles. The van der Waals surface area contributed by atoms with Crippen LogP contribution in [0.4, 0.5) is 5.13 Å². The van der Waals surface area contributed by atoms with Crippen LogP contribution in [0.2, 0.25) is 5.02 Å². The average molecular weight is 497 g/mol. The number of hydrogen-bond donors (Lipinski definition) is 2. The number of ether oxygens (including phenoxy) is 2. The summed E-state index contributed by atoms with van der Waals surface area (Å²) in [5.74, 6) is 0.580. The molecular weight excluding hydrogens is 476 g/mol. The predicted octanol–water partition coefficient (Wildman–Crippen LogP) is 3.89. The molecule has 0 aliphatic rings. The van der Waals surface area contributed by atoms with Crippen molar-refractivity contribution in [2.45, 2.75) is 23.7 Å². The van der Waals surface area contributed by atoms with Gasteiger partial charge in [0.2, 0.25) is 9.47 Å². The minimum Gasteiger partial charge on any atom is -0.493 e. The van der Waals surface area contributed by atoms with Crippen LogP contribution in [0.1, 0.15) is 35.3 Å². The summed E-state index contributed by atoms with van der Waals surface area (Å²) in [7, 11) is -0.954. The topological polar surface area (TPSA) is 120 Å². The number of nitrogens with one attached hydrogen (secondary N) is 2. The van der Waals surface area contributed by atoms with Gasteiger partial charge in [0.25, 0.3) is 15.9 Å². The zero-order chi connectivity index (χ0) is 23.3. The minimum atomic E-state index is -3.99. The van der Waals surface area contributed by atoms with E-state index in [0.717, 1.165) is 11.3 Å². The van der Waals surface area contributed by atoms with Crippen LogP contribution in [-0.4, -0.2) is 38.7 Å². The largest absolute Gasteiger partial charge is 0.493 e. The van der Waals surface area contributed by atoms with Crippen molar-refractivity contribution < 1.29 is 22.7 Å². The van der Waals surface area contributed by atoms with E-state index in [0.29, 0.717) is 34.1 Å². The molecule has 32 heavy (non-hydrogen) atoms. The number of halogens is 1. The Morgan fingerprint density at radius 2 is 1.78 bits per heavy atom. The molecule has 1 atom stereocenters. The highest BCUT2D eigenvalue weighted by atomic mass is 35.5. The van der Waals surface area contributed by atoms with Gasteiger partial charge in [0.05, 0.1) is 14.2 Å². The molecule has 0 aliphatic carbocycles. The van der Waals surface area contributed by atoms with Crippen LogP contribution in [0.5, 0.6) is 11.5 Å². The van der Waals surface area contributed by atoms with Gasteiger partial charge < -0.3 is 9.47 Å². The first kappa shape index (κ1) is 23.9. The molecule has 0 radical (unpaired) electrons. The van der Waals surface area contributed by atoms with Gasteiger partial charge in [0.1, 0.15) is 0 Å². The van der Waals surface area contributed by atoms with Crippen molar-refractivity contribution in [3.63, 3.8) is 0 Å². The van der Waals surface area contributed by atoms with Crippen LogP contribution < -0.4 is 19.5 Å². The third-order valence-corrected chi connectivity index (χ3v) is 7.41. The van der Waals surface area contributed by atoms with E-state index in [-0.39, 0.29) is 9.47 Å². The Bertz CT molecular complexity index is 1200. The molecule has 0 saturated heterocycles. The number of carbonyl (C=O) groups excluding carboxylic acids is 1. The van der Waals surface area contributed by atoms with Gasteiger partial charge in [0, 0.05) is 16.6 Å². The zero-order valence-corrected chi connectivity index (χ0v) is 19.8. The van der Waals surface area contributed by atoms with Crippen LogP contribution >= 0.6 is 22.9 Å². The molecule has 0 spiro atoms. The number of amides is 1. The fraction of sp³-hybridized carbons (Fsp3) is 0.250. The third kappa shape index (κ3) is 5.54. The van der Waals surface area contributed by atoms with E-state index in [9.17, 15) is 13.2 Å². The van der Waals surface area contributed by atoms with E-state index in [4.69, 9.17) is 21.1 Å². The van der Waals surface area contributed by atoms with Gasteiger partial charge in [-0.3, -0.25) is 10.1 Å². The first-order chi connectivity index (χ1) is 15.3. The highest BCUT2D eigenvalue weighted by Gasteiger charge is 2.25. The van der Waals surface area contributed by atoms with Crippen molar-refractivity contribution in [1.82, 2.24) is 14.9 Å². The average Bonchev–Trinajstić information content (AvgIpc) is 3.27. The molecule has 3 rings (SSSR count). The maximum Gasteiger partial charge on any atom is 0.270 e. The molecule has 0 aliphatic heterocycles. The lowest BCUT2D eigenvalue weighted by Crippen LogP contribution is -2.28. The fourth-order valence-electron chi connectivity index (χ4n) is 2.83. The number of nitrogens with zero attached hydrogens (tertiary/aromatic N) is 2. The number of benzene rings is 2. The molecule has 170 valence electrons. The normalized spacial score (nSPS) is 12.2. The highest BCUT2D eigenvalue weighted by molar-refractivity contribution is 7.91. The number of carbonyl (C=O) groups is 1. The second-order valence-corrected chi connectivity index (χ2v) is 9.83. The lowest BCUT2D eigenvalue weighted by molar-refractivity contribution is 0.102. The van der Waals surface area contributed by atoms with Gasteiger partial charge in [0.15, 0.2) is 11.5 Å². The van der Waals surface area contributed by atoms with E-state index < -0.39 is 22.0 Å². The summed E-state index contributed by atoms with van der Waals surface area (Å²) in [5, 5.41) is 10.6. The maximum absolute atomic E-state index is 12.9. The number of sulfonamides is 1. The van der Waals surface area contributed by atoms with Gasteiger partial charge >= 0.3 is 0 Å². The SMILES string of the molecule is CCC(NS(=O)(=O)c1nnc(NC(=O)c2ccc(Cl)cc2)s1)c1ccc(OC)c(OC)c1. The second-order valence-electron chi connectivity index (χ2n) is 6.53. The molecule has 2 N–H and O–H groups in total. The molecule has 3 aromatic rings. The van der Waals surface area contributed by atoms with Crippen molar-refractivity contribution in [2.24, 2.45) is 0 Å². The van der Waals surface area contributed by atoms with Crippen LogP contribution in [0.3, 0.4) is 0 Å². The van der Waals surface area contributed by atoms with Crippen LogP contribution in [-0.2, 0) is 10.0 Å². The van der Waals surface area contributed by atoms with Crippen molar-refractivity contribution in [3.8, 4) is 11.5 Å². The Kier molecular flexibility index (Phi) is 7.67. The second kappa shape index (κ2) is 10.3. The quantitative estimate of drug-likeness (QED) is 0.431. The summed E-state index contributed by atoms with van der Waals surface area (Å²) >= 11 is 6.57. The molecule has 9 nitrogen and oxygen atoms in total. The molecule has 1 amide bonds. The Morgan fingerprint density at radius 1 is 1.09 bits per heavy atom. The smallest absolute Gasteiger partial charge is 0.270 e. The summed E-state index contributed by atoms with van der Waals surface area (Å²) < 4.78 is 38.6. The first-order valence-electron chi connectivity index (χ1n) is 9.42. The van der Waals surface area contributed by atoms with E-state index >= 15 is 0 Å². The van der Waals surface area contributed by atoms with E-state index in [1.54, 1.807) is 42.5 Å². The summed E-state index contributed by atoms with van der Waals surface area (Å²) in [4.78, 5) is 12.3. The standard InChI is InChI=1S/C20H21ClN4O5S2/c1-4-15(13-7-10-16(29-2)17(11-13)30-3)25-32(27,28)20-24-23-19(31-20)22-18(26)12-5-8-14(21)9-6-12/h5-11,15,25H,4H2,1-3H3,(H,22,23,26). The number of aromatic nitrogens is 2. The molecule has 1 unspecified atom stereocenters. The van der Waals surface area contributed by atoms with Crippen LogP contribution in [0.25, 0.3) is 0 Å². The lowest BCUT2D eigenvalue weighted by Gasteiger charge is -2.18. The molecule has 0 fully saturated rings. The molecule has 0 saturated carbocycles. The number of anilines is 1. The van der Waals surface area contributed by atoms with E-state index in [2.05, 4.69) is 20.2 Å². The molecular formula is C20H21ClN4O5S2. The molecule has 2 aromatic carbocycles. The Morgan fingerprint density at radius 3 is 2.41 bits per heavy atom. The lowest BCUT2D eigenvalue weighted by atomic mass is 10.1. The molecule has 12 heteroatoms. The Labute approximate surface area is 194 Å². The summed E-state index contributed by atoms with van der Waals surface area (Å²) in [6, 6.07) is 10.9. The highest BCUT2D eigenvalue weighted by Crippen LogP contribution is 2.32. The monoisotopic (exact) mass is 496 g/mol. The molecule has 1 heterocycles. The van der Waals surface area contributed by atoms with Gasteiger partial charge in [-0.2, -0.15) is 0 Å². The fourth-order valence-corrected chi connectivity index (χ4v) is 5.18. The van der Waals surface area contributed by atoms with Crippen molar-refractivity contribution >= 4 is 44.0 Å². The summed E-state index contributed by atoms with van der Waals surface area (Å²) in [6.07, 6.45) is 0.480. The molecule has 0 bridgehead atoms. The first-order valence-corrected chi connectivity index (χ1v) is 12.1. The van der Waals surface area contributed by atoms with Gasteiger partial charge in [-0.15, -0.1) is 10.2 Å². The minimum absolute atomic E-state index is 0.0597. The number of methoxy groups -OCH3 is 2. The van der Waals surface area contributed by atoms with E-state index in [1.807, 2.05) is 6.92 Å². The summed E-state index contributed by atoms with van der Waals surface area (Å²) in [5.41, 5.74) is 1.06. The van der Waals surface area contributed by atoms with E-state index in [1.165, 1.54) is 14.2 Å². The number of rotatable bonds is 9. The van der Waals surface area contributed by atoms with Gasteiger partial charge in [-0.1, -0.05) is 35.9 Å². The van der Waals surface area contributed by atoms with Crippen molar-refractivity contribution in [1.29, 1.82) is 0 Å². The number of hydrogen-bond acceptors (Lipinski definition) is 8. The predicted molar refractivity (Wildman–Crippen MR) is 122 cm³/mol. The zero-order valence-electron chi connectivity index (χ0n) is 17.5.